The van der Waals surface area contributed by atoms with Crippen LogP contribution in [0.1, 0.15) is 12.6 Å². The third-order valence-corrected chi connectivity index (χ3v) is 5.37. The molecule has 0 saturated carbocycles. The molecular weight excluding hydrogens is 328 g/mol. The highest BCUT2D eigenvalue weighted by molar-refractivity contribution is 7.90. The van der Waals surface area contributed by atoms with Gasteiger partial charge in [0.05, 0.1) is 6.20 Å². The largest absolute Gasteiger partial charge is 0.353 e. The van der Waals surface area contributed by atoms with E-state index < -0.39 is 10.2 Å². The first-order valence-corrected chi connectivity index (χ1v) is 9.27. The van der Waals surface area contributed by atoms with Gasteiger partial charge in [-0.1, -0.05) is 13.0 Å². The van der Waals surface area contributed by atoms with Gasteiger partial charge < -0.3 is 4.90 Å². The summed E-state index contributed by atoms with van der Waals surface area (Å²) in [5.41, 5.74) is 0.850. The molecule has 3 heterocycles. The fraction of sp³-hybridized carbons (Fsp3) is 0.400. The summed E-state index contributed by atoms with van der Waals surface area (Å²) in [4.78, 5) is 14.6. The number of aryl methyl sites for hydroxylation is 1. The summed E-state index contributed by atoms with van der Waals surface area (Å²) in [5.74, 6) is 1.12. The van der Waals surface area contributed by atoms with E-state index in [4.69, 9.17) is 0 Å². The van der Waals surface area contributed by atoms with E-state index in [0.29, 0.717) is 32.0 Å². The molecule has 0 atom stereocenters. The number of piperazine rings is 1. The van der Waals surface area contributed by atoms with Crippen molar-refractivity contribution in [1.82, 2.24) is 19.3 Å². The topological polar surface area (TPSA) is 91.3 Å². The minimum Gasteiger partial charge on any atom is -0.353 e. The lowest BCUT2D eigenvalue weighted by molar-refractivity contribution is 0.386. The predicted molar refractivity (Wildman–Crippen MR) is 92.0 cm³/mol. The van der Waals surface area contributed by atoms with Crippen LogP contribution in [0.5, 0.6) is 0 Å². The van der Waals surface area contributed by atoms with Crippen LogP contribution in [0.15, 0.2) is 36.8 Å². The van der Waals surface area contributed by atoms with Crippen molar-refractivity contribution in [3.63, 3.8) is 0 Å². The van der Waals surface area contributed by atoms with E-state index in [1.807, 2.05) is 17.9 Å². The molecule has 0 bridgehead atoms. The van der Waals surface area contributed by atoms with Crippen LogP contribution in [0, 0.1) is 0 Å². The van der Waals surface area contributed by atoms with Crippen molar-refractivity contribution in [3.05, 3.63) is 42.5 Å². The molecule has 0 amide bonds. The Morgan fingerprint density at radius 1 is 1.17 bits per heavy atom. The Morgan fingerprint density at radius 3 is 2.62 bits per heavy atom. The van der Waals surface area contributed by atoms with E-state index in [1.54, 1.807) is 30.7 Å². The first-order chi connectivity index (χ1) is 11.6. The van der Waals surface area contributed by atoms with Crippen LogP contribution in [0.3, 0.4) is 0 Å². The summed E-state index contributed by atoms with van der Waals surface area (Å²) >= 11 is 0. The van der Waals surface area contributed by atoms with Crippen LogP contribution >= 0.6 is 0 Å². The van der Waals surface area contributed by atoms with Crippen molar-refractivity contribution in [1.29, 1.82) is 0 Å². The molecular formula is C15H20N6O2S. The van der Waals surface area contributed by atoms with Crippen LogP contribution in [0.4, 0.5) is 11.6 Å². The summed E-state index contributed by atoms with van der Waals surface area (Å²) in [6.07, 6.45) is 5.69. The lowest BCUT2D eigenvalue weighted by Gasteiger charge is -2.34. The van der Waals surface area contributed by atoms with E-state index in [9.17, 15) is 8.42 Å². The van der Waals surface area contributed by atoms with E-state index in [-0.39, 0.29) is 0 Å². The summed E-state index contributed by atoms with van der Waals surface area (Å²) in [6.45, 7) is 3.90. The van der Waals surface area contributed by atoms with Gasteiger partial charge in [-0.2, -0.15) is 12.7 Å². The van der Waals surface area contributed by atoms with Gasteiger partial charge in [-0.25, -0.2) is 9.97 Å². The number of anilines is 2. The van der Waals surface area contributed by atoms with Crippen molar-refractivity contribution in [3.8, 4) is 0 Å². The van der Waals surface area contributed by atoms with Gasteiger partial charge in [-0.05, 0) is 18.6 Å². The molecule has 1 aliphatic heterocycles. The number of aromatic nitrogens is 3. The molecule has 24 heavy (non-hydrogen) atoms. The molecule has 1 aliphatic rings. The van der Waals surface area contributed by atoms with Crippen LogP contribution < -0.4 is 9.62 Å². The van der Waals surface area contributed by atoms with Gasteiger partial charge in [0.2, 0.25) is 0 Å². The Bertz CT molecular complexity index is 776. The van der Waals surface area contributed by atoms with Gasteiger partial charge in [0.1, 0.15) is 11.6 Å². The molecule has 128 valence electrons. The third kappa shape index (κ3) is 3.80. The van der Waals surface area contributed by atoms with Gasteiger partial charge in [0.25, 0.3) is 0 Å². The summed E-state index contributed by atoms with van der Waals surface area (Å²) in [6, 6.07) is 5.33. The SMILES string of the molecule is CCc1cccc(NS(=O)(=O)N2CCN(c3cnccn3)CC2)n1. The van der Waals surface area contributed by atoms with Crippen molar-refractivity contribution in [2.75, 3.05) is 35.8 Å². The maximum absolute atomic E-state index is 12.5. The second kappa shape index (κ2) is 7.10. The van der Waals surface area contributed by atoms with E-state index in [1.165, 1.54) is 4.31 Å². The lowest BCUT2D eigenvalue weighted by Crippen LogP contribution is -2.50. The van der Waals surface area contributed by atoms with Crippen molar-refractivity contribution in [2.24, 2.45) is 0 Å². The zero-order valence-electron chi connectivity index (χ0n) is 13.5. The van der Waals surface area contributed by atoms with Crippen LogP contribution in [0.25, 0.3) is 0 Å². The Balaban J connectivity index is 1.64. The molecule has 2 aromatic heterocycles. The number of hydrogen-bond donors (Lipinski definition) is 1. The highest BCUT2D eigenvalue weighted by atomic mass is 32.2. The van der Waals surface area contributed by atoms with Crippen molar-refractivity contribution < 1.29 is 8.42 Å². The average Bonchev–Trinajstić information content (AvgIpc) is 2.62. The van der Waals surface area contributed by atoms with Crippen LogP contribution in [-0.2, 0) is 16.6 Å². The Hall–Kier alpha value is -2.26. The fourth-order valence-electron chi connectivity index (χ4n) is 2.54. The molecule has 1 fully saturated rings. The quantitative estimate of drug-likeness (QED) is 0.864. The summed E-state index contributed by atoms with van der Waals surface area (Å²) in [5, 5.41) is 0. The van der Waals surface area contributed by atoms with E-state index in [2.05, 4.69) is 19.7 Å². The molecule has 0 aliphatic carbocycles. The number of hydrogen-bond acceptors (Lipinski definition) is 6. The smallest absolute Gasteiger partial charge is 0.302 e. The molecule has 9 heteroatoms. The first kappa shape index (κ1) is 16.6. The number of rotatable bonds is 5. The third-order valence-electron chi connectivity index (χ3n) is 3.85. The molecule has 1 N–H and O–H groups in total. The maximum atomic E-state index is 12.5. The van der Waals surface area contributed by atoms with Crippen molar-refractivity contribution >= 4 is 21.8 Å². The Labute approximate surface area is 141 Å². The molecule has 0 spiro atoms. The van der Waals surface area contributed by atoms with Crippen molar-refractivity contribution in [2.45, 2.75) is 13.3 Å². The fourth-order valence-corrected chi connectivity index (χ4v) is 3.69. The van der Waals surface area contributed by atoms with Gasteiger partial charge in [0.15, 0.2) is 0 Å². The van der Waals surface area contributed by atoms with Gasteiger partial charge in [-0.3, -0.25) is 9.71 Å². The first-order valence-electron chi connectivity index (χ1n) is 7.83. The van der Waals surface area contributed by atoms with Crippen LogP contribution in [-0.4, -0.2) is 53.9 Å². The summed E-state index contributed by atoms with van der Waals surface area (Å²) < 4.78 is 29.0. The Kier molecular flexibility index (Phi) is 4.91. The normalized spacial score (nSPS) is 16.1. The van der Waals surface area contributed by atoms with E-state index in [0.717, 1.165) is 17.9 Å². The minimum atomic E-state index is -3.61. The second-order valence-corrected chi connectivity index (χ2v) is 7.10. The number of nitrogens with zero attached hydrogens (tertiary/aromatic N) is 5. The monoisotopic (exact) mass is 348 g/mol. The highest BCUT2D eigenvalue weighted by Gasteiger charge is 2.27. The molecule has 3 rings (SSSR count). The highest BCUT2D eigenvalue weighted by Crippen LogP contribution is 2.15. The molecule has 0 radical (unpaired) electrons. The Morgan fingerprint density at radius 2 is 1.96 bits per heavy atom. The van der Waals surface area contributed by atoms with Gasteiger partial charge in [0, 0.05) is 44.3 Å². The maximum Gasteiger partial charge on any atom is 0.302 e. The molecule has 8 nitrogen and oxygen atoms in total. The van der Waals surface area contributed by atoms with Crippen LogP contribution in [0.2, 0.25) is 0 Å². The number of pyridine rings is 1. The van der Waals surface area contributed by atoms with Gasteiger partial charge >= 0.3 is 10.2 Å². The molecule has 2 aromatic rings. The minimum absolute atomic E-state index is 0.353. The molecule has 1 saturated heterocycles. The summed E-state index contributed by atoms with van der Waals surface area (Å²) in [7, 11) is -3.61. The standard InChI is InChI=1S/C15H20N6O2S/c1-2-13-4-3-5-14(18-13)19-24(22,23)21-10-8-20(9-11-21)15-12-16-6-7-17-15/h3-7,12H,2,8-11H2,1H3,(H,18,19). The molecule has 0 aromatic carbocycles. The average molecular weight is 348 g/mol. The zero-order valence-corrected chi connectivity index (χ0v) is 14.3. The second-order valence-electron chi connectivity index (χ2n) is 5.42. The molecule has 0 unspecified atom stereocenters. The lowest BCUT2D eigenvalue weighted by atomic mass is 10.3. The predicted octanol–water partition coefficient (Wildman–Crippen LogP) is 0.913. The number of nitrogens with one attached hydrogen (secondary N) is 1. The zero-order chi connectivity index (χ0) is 17.0. The van der Waals surface area contributed by atoms with Gasteiger partial charge in [-0.15, -0.1) is 0 Å². The van der Waals surface area contributed by atoms with E-state index >= 15 is 0 Å².